The molecule has 4 fully saturated rings. The van der Waals surface area contributed by atoms with Crippen LogP contribution in [0.4, 0.5) is 5.69 Å². The first-order chi connectivity index (χ1) is 10.9. The van der Waals surface area contributed by atoms with E-state index in [1.165, 1.54) is 25.3 Å². The molecule has 0 unspecified atom stereocenters. The zero-order chi connectivity index (χ0) is 16.2. The van der Waals surface area contributed by atoms with Crippen LogP contribution in [0.25, 0.3) is 0 Å². The molecule has 0 heterocycles. The van der Waals surface area contributed by atoms with Gasteiger partial charge in [-0.3, -0.25) is 14.9 Å². The van der Waals surface area contributed by atoms with Gasteiger partial charge in [-0.15, -0.1) is 0 Å². The lowest BCUT2D eigenvalue weighted by Gasteiger charge is -2.56. The first kappa shape index (κ1) is 15.1. The van der Waals surface area contributed by atoms with Gasteiger partial charge >= 0.3 is 0 Å². The van der Waals surface area contributed by atoms with Crippen LogP contribution in [-0.2, 0) is 0 Å². The summed E-state index contributed by atoms with van der Waals surface area (Å²) in [5.41, 5.74) is 0.229. The second-order valence-corrected chi connectivity index (χ2v) is 8.43. The van der Waals surface area contributed by atoms with Crippen molar-refractivity contribution in [1.29, 1.82) is 0 Å². The van der Waals surface area contributed by atoms with E-state index in [4.69, 9.17) is 0 Å². The van der Waals surface area contributed by atoms with Gasteiger partial charge in [0, 0.05) is 17.2 Å². The summed E-state index contributed by atoms with van der Waals surface area (Å²) in [5, 5.41) is 14.3. The molecule has 6 heteroatoms. The fraction of sp³-hybridized carbons (Fsp3) is 0.588. The maximum absolute atomic E-state index is 12.7. The van der Waals surface area contributed by atoms with Gasteiger partial charge in [-0.1, -0.05) is 0 Å². The fourth-order valence-corrected chi connectivity index (χ4v) is 5.76. The number of halogens is 1. The van der Waals surface area contributed by atoms with Gasteiger partial charge in [0.05, 0.1) is 9.40 Å². The first-order valence-electron chi connectivity index (χ1n) is 8.20. The van der Waals surface area contributed by atoms with E-state index in [1.54, 1.807) is 12.1 Å². The Morgan fingerprint density at radius 1 is 1.17 bits per heavy atom. The number of nitro benzene ring substituents is 1. The van der Waals surface area contributed by atoms with Crippen LogP contribution < -0.4 is 5.32 Å². The third-order valence-electron chi connectivity index (χ3n) is 5.82. The van der Waals surface area contributed by atoms with Crippen molar-refractivity contribution in [2.75, 3.05) is 0 Å². The van der Waals surface area contributed by atoms with Gasteiger partial charge in [0.1, 0.15) is 0 Å². The number of rotatable bonds is 3. The number of benzene rings is 1. The van der Waals surface area contributed by atoms with E-state index >= 15 is 0 Å². The van der Waals surface area contributed by atoms with Crippen molar-refractivity contribution in [2.24, 2.45) is 17.8 Å². The number of carbonyl (C=O) groups excluding carboxylic acids is 1. The van der Waals surface area contributed by atoms with Crippen LogP contribution in [0.2, 0.25) is 0 Å². The van der Waals surface area contributed by atoms with Gasteiger partial charge < -0.3 is 5.32 Å². The smallest absolute Gasteiger partial charge is 0.284 e. The molecule has 0 spiro atoms. The molecule has 0 saturated heterocycles. The van der Waals surface area contributed by atoms with Crippen molar-refractivity contribution >= 4 is 27.5 Å². The molecular formula is C17H19BrN2O3. The van der Waals surface area contributed by atoms with E-state index in [1.807, 2.05) is 0 Å². The lowest BCUT2D eigenvalue weighted by Crippen LogP contribution is -2.59. The van der Waals surface area contributed by atoms with Crippen molar-refractivity contribution in [3.8, 4) is 0 Å². The number of nitrogens with zero attached hydrogens (tertiary/aromatic N) is 1. The predicted octanol–water partition coefficient (Wildman–Crippen LogP) is 4.06. The summed E-state index contributed by atoms with van der Waals surface area (Å²) in [4.78, 5) is 23.3. The summed E-state index contributed by atoms with van der Waals surface area (Å²) in [6, 6.07) is 4.58. The van der Waals surface area contributed by atoms with Gasteiger partial charge in [0.2, 0.25) is 0 Å². The minimum absolute atomic E-state index is 0.0665. The Morgan fingerprint density at radius 3 is 2.26 bits per heavy atom. The third kappa shape index (κ3) is 2.67. The molecule has 0 radical (unpaired) electrons. The molecule has 1 amide bonds. The Labute approximate surface area is 143 Å². The van der Waals surface area contributed by atoms with Crippen LogP contribution in [-0.4, -0.2) is 16.4 Å². The molecule has 1 aromatic carbocycles. The molecule has 5 rings (SSSR count). The van der Waals surface area contributed by atoms with Crippen LogP contribution in [0.15, 0.2) is 22.7 Å². The minimum Gasteiger partial charge on any atom is -0.347 e. The summed E-state index contributed by atoms with van der Waals surface area (Å²) in [5.74, 6) is 2.07. The summed E-state index contributed by atoms with van der Waals surface area (Å²) < 4.78 is 0.397. The van der Waals surface area contributed by atoms with Crippen molar-refractivity contribution < 1.29 is 9.72 Å². The normalized spacial score (nSPS) is 34.4. The average Bonchev–Trinajstić information content (AvgIpc) is 2.45. The van der Waals surface area contributed by atoms with Gasteiger partial charge in [-0.2, -0.15) is 0 Å². The van der Waals surface area contributed by atoms with E-state index in [9.17, 15) is 14.9 Å². The van der Waals surface area contributed by atoms with Crippen LogP contribution in [0.3, 0.4) is 0 Å². The lowest BCUT2D eigenvalue weighted by molar-refractivity contribution is -0.385. The topological polar surface area (TPSA) is 72.2 Å². The van der Waals surface area contributed by atoms with Gasteiger partial charge in [0.25, 0.3) is 11.6 Å². The molecule has 1 N–H and O–H groups in total. The lowest BCUT2D eigenvalue weighted by atomic mass is 9.53. The van der Waals surface area contributed by atoms with E-state index in [0.717, 1.165) is 37.0 Å². The van der Waals surface area contributed by atoms with E-state index < -0.39 is 4.92 Å². The van der Waals surface area contributed by atoms with Crippen LogP contribution in [0.1, 0.15) is 48.9 Å². The molecule has 5 nitrogen and oxygen atoms in total. The summed E-state index contributed by atoms with van der Waals surface area (Å²) in [6.45, 7) is 0. The van der Waals surface area contributed by atoms with E-state index in [2.05, 4.69) is 21.2 Å². The Balaban J connectivity index is 1.56. The zero-order valence-electron chi connectivity index (χ0n) is 12.8. The van der Waals surface area contributed by atoms with E-state index in [0.29, 0.717) is 10.0 Å². The van der Waals surface area contributed by atoms with Crippen LogP contribution in [0.5, 0.6) is 0 Å². The molecule has 4 bridgehead atoms. The largest absolute Gasteiger partial charge is 0.347 e. The predicted molar refractivity (Wildman–Crippen MR) is 89.2 cm³/mol. The third-order valence-corrected chi connectivity index (χ3v) is 6.49. The monoisotopic (exact) mass is 378 g/mol. The summed E-state index contributed by atoms with van der Waals surface area (Å²) in [6.07, 6.45) is 7.17. The number of nitrogens with one attached hydrogen (secondary N) is 1. The molecule has 0 atom stereocenters. The highest BCUT2D eigenvalue weighted by molar-refractivity contribution is 9.10. The molecule has 4 saturated carbocycles. The maximum atomic E-state index is 12.7. The average molecular weight is 379 g/mol. The quantitative estimate of drug-likeness (QED) is 0.636. The van der Waals surface area contributed by atoms with Crippen molar-refractivity contribution in [1.82, 2.24) is 5.32 Å². The van der Waals surface area contributed by atoms with Crippen molar-refractivity contribution in [3.05, 3.63) is 38.3 Å². The maximum Gasteiger partial charge on any atom is 0.284 e. The Hall–Kier alpha value is -1.43. The molecular weight excluding hydrogens is 360 g/mol. The van der Waals surface area contributed by atoms with Crippen LogP contribution in [0, 0.1) is 27.9 Å². The number of hydrogen-bond donors (Lipinski definition) is 1. The molecule has 1 aromatic rings. The second-order valence-electron chi connectivity index (χ2n) is 7.58. The highest BCUT2D eigenvalue weighted by atomic mass is 79.9. The molecule has 4 aliphatic rings. The van der Waals surface area contributed by atoms with Gasteiger partial charge in [0.15, 0.2) is 0 Å². The van der Waals surface area contributed by atoms with Crippen LogP contribution >= 0.6 is 15.9 Å². The Morgan fingerprint density at radius 2 is 1.74 bits per heavy atom. The second kappa shape index (κ2) is 5.30. The van der Waals surface area contributed by atoms with Crippen molar-refractivity contribution in [3.63, 3.8) is 0 Å². The number of nitro groups is 1. The van der Waals surface area contributed by atoms with E-state index in [-0.39, 0.29) is 17.1 Å². The standard InChI is InChI=1S/C17H19BrN2O3/c18-14-2-1-13(6-15(14)20(22)23)16(21)19-17-7-10-3-11(8-17)5-12(4-10)9-17/h1-2,6,10-12H,3-5,7-9H2,(H,19,21). The minimum atomic E-state index is -0.467. The number of carbonyl (C=O) groups is 1. The van der Waals surface area contributed by atoms with Crippen molar-refractivity contribution in [2.45, 2.75) is 44.1 Å². The SMILES string of the molecule is O=C(NC12CC3CC(CC(C3)C1)C2)c1ccc(Br)c([N+](=O)[O-])c1. The number of hydrogen-bond acceptors (Lipinski definition) is 3. The fourth-order valence-electron chi connectivity index (χ4n) is 5.37. The summed E-state index contributed by atoms with van der Waals surface area (Å²) >= 11 is 3.16. The first-order valence-corrected chi connectivity index (χ1v) is 9.00. The highest BCUT2D eigenvalue weighted by Crippen LogP contribution is 2.55. The zero-order valence-corrected chi connectivity index (χ0v) is 14.3. The number of amides is 1. The molecule has 122 valence electrons. The summed E-state index contributed by atoms with van der Waals surface area (Å²) in [7, 11) is 0. The molecule has 0 aliphatic heterocycles. The van der Waals surface area contributed by atoms with Gasteiger partial charge in [-0.25, -0.2) is 0 Å². The highest BCUT2D eigenvalue weighted by Gasteiger charge is 2.51. The van der Waals surface area contributed by atoms with Gasteiger partial charge in [-0.05, 0) is 84.3 Å². The Kier molecular flexibility index (Phi) is 3.48. The molecule has 23 heavy (non-hydrogen) atoms. The Bertz CT molecular complexity index is 653. The molecule has 4 aliphatic carbocycles. The molecule has 0 aromatic heterocycles.